The van der Waals surface area contributed by atoms with Crippen LogP contribution in [0.1, 0.15) is 35.1 Å². The average molecular weight is 521 g/mol. The molecule has 3 aromatic rings. The lowest BCUT2D eigenvalue weighted by molar-refractivity contribution is -0.142. The number of aryl methyl sites for hydroxylation is 1. The van der Waals surface area contributed by atoms with Crippen LogP contribution < -0.4 is 15.0 Å². The maximum atomic E-state index is 11.3. The summed E-state index contributed by atoms with van der Waals surface area (Å²) in [6.45, 7) is 6.10. The molecule has 0 atom stereocenters. The van der Waals surface area contributed by atoms with Crippen molar-refractivity contribution in [2.75, 3.05) is 38.3 Å². The van der Waals surface area contributed by atoms with Crippen LogP contribution in [0.5, 0.6) is 5.75 Å². The van der Waals surface area contributed by atoms with Gasteiger partial charge in [-0.3, -0.25) is 4.79 Å². The predicted molar refractivity (Wildman–Crippen MR) is 144 cm³/mol. The summed E-state index contributed by atoms with van der Waals surface area (Å²) in [6.07, 6.45) is 1.23. The maximum Gasteiger partial charge on any atom is 0.306 e. The zero-order chi connectivity index (χ0) is 26.2. The Kier molecular flexibility index (Phi) is 9.12. The summed E-state index contributed by atoms with van der Waals surface area (Å²) in [5.41, 5.74) is 5.53. The number of benzene rings is 2. The molecule has 0 radical (unpaired) electrons. The largest absolute Gasteiger partial charge is 0.488 e. The number of hydrogen-bond acceptors (Lipinski definition) is 8. The van der Waals surface area contributed by atoms with Gasteiger partial charge in [-0.05, 0) is 54.7 Å². The van der Waals surface area contributed by atoms with Crippen molar-refractivity contribution in [1.82, 2.24) is 10.3 Å². The Bertz CT molecular complexity index is 1260. The van der Waals surface area contributed by atoms with Crippen molar-refractivity contribution in [1.29, 1.82) is 5.26 Å². The Morgan fingerprint density at radius 2 is 2.08 bits per heavy atom. The van der Waals surface area contributed by atoms with Gasteiger partial charge in [0.05, 0.1) is 29.9 Å². The molecule has 0 spiro atoms. The van der Waals surface area contributed by atoms with Crippen LogP contribution in [0.4, 0.5) is 5.13 Å². The van der Waals surface area contributed by atoms with Gasteiger partial charge in [-0.15, -0.1) is 11.3 Å². The fourth-order valence-electron chi connectivity index (χ4n) is 4.37. The van der Waals surface area contributed by atoms with Crippen molar-refractivity contribution in [2.24, 2.45) is 5.92 Å². The molecule has 1 aliphatic rings. The number of aliphatic carboxylic acids is 1. The van der Waals surface area contributed by atoms with Crippen LogP contribution in [-0.2, 0) is 22.7 Å². The fourth-order valence-corrected chi connectivity index (χ4v) is 5.25. The van der Waals surface area contributed by atoms with Crippen LogP contribution in [0.2, 0.25) is 0 Å². The van der Waals surface area contributed by atoms with E-state index >= 15 is 0 Å². The predicted octanol–water partition coefficient (Wildman–Crippen LogP) is 4.61. The van der Waals surface area contributed by atoms with Crippen molar-refractivity contribution in [3.63, 3.8) is 0 Å². The second-order valence-electron chi connectivity index (χ2n) is 9.16. The number of thiazole rings is 1. The first kappa shape index (κ1) is 26.6. The number of carbonyl (C=O) groups is 1. The number of piperidine rings is 1. The molecule has 0 amide bonds. The lowest BCUT2D eigenvalue weighted by atomic mass is 9.97. The molecular weight excluding hydrogens is 488 g/mol. The SMILES string of the molecule is COCCNCc1ccc(COc2ccc(C#N)cc2-c2csc(N3CCC(C(=O)O)CC3)n2)c(C)c1. The smallest absolute Gasteiger partial charge is 0.306 e. The van der Waals surface area contributed by atoms with Crippen molar-refractivity contribution in [3.8, 4) is 23.1 Å². The van der Waals surface area contributed by atoms with Gasteiger partial charge in [0.15, 0.2) is 5.13 Å². The van der Waals surface area contributed by atoms with Gasteiger partial charge in [-0.2, -0.15) is 5.26 Å². The van der Waals surface area contributed by atoms with Gasteiger partial charge in [-0.1, -0.05) is 18.2 Å². The van der Waals surface area contributed by atoms with E-state index in [0.717, 1.165) is 40.6 Å². The second kappa shape index (κ2) is 12.7. The lowest BCUT2D eigenvalue weighted by Gasteiger charge is -2.29. The number of hydrogen-bond donors (Lipinski definition) is 2. The highest BCUT2D eigenvalue weighted by Crippen LogP contribution is 2.36. The minimum atomic E-state index is -0.724. The summed E-state index contributed by atoms with van der Waals surface area (Å²) in [7, 11) is 1.69. The normalized spacial score (nSPS) is 13.9. The van der Waals surface area contributed by atoms with E-state index in [2.05, 4.69) is 41.4 Å². The van der Waals surface area contributed by atoms with Crippen LogP contribution in [0.25, 0.3) is 11.3 Å². The zero-order valence-electron chi connectivity index (χ0n) is 21.2. The Hall–Kier alpha value is -3.45. The third-order valence-corrected chi connectivity index (χ3v) is 7.50. The Balaban J connectivity index is 1.46. The molecule has 1 aromatic heterocycles. The molecule has 1 fully saturated rings. The summed E-state index contributed by atoms with van der Waals surface area (Å²) >= 11 is 1.53. The molecule has 4 rings (SSSR count). The molecule has 0 unspecified atom stereocenters. The Morgan fingerprint density at radius 3 is 2.78 bits per heavy atom. The maximum absolute atomic E-state index is 11.3. The van der Waals surface area contributed by atoms with Crippen LogP contribution >= 0.6 is 11.3 Å². The molecule has 2 aromatic carbocycles. The first-order valence-corrected chi connectivity index (χ1v) is 13.2. The van der Waals surface area contributed by atoms with E-state index in [1.165, 1.54) is 16.9 Å². The molecular formula is C28H32N4O4S. The third-order valence-electron chi connectivity index (χ3n) is 6.59. The molecule has 0 bridgehead atoms. The molecule has 9 heteroatoms. The summed E-state index contributed by atoms with van der Waals surface area (Å²) in [6, 6.07) is 14.0. The number of nitriles is 1. The number of anilines is 1. The molecule has 37 heavy (non-hydrogen) atoms. The molecule has 8 nitrogen and oxygen atoms in total. The number of ether oxygens (including phenoxy) is 2. The number of methoxy groups -OCH3 is 1. The van der Waals surface area contributed by atoms with E-state index in [1.807, 2.05) is 17.5 Å². The third kappa shape index (κ3) is 6.86. The average Bonchev–Trinajstić information content (AvgIpc) is 3.41. The van der Waals surface area contributed by atoms with E-state index < -0.39 is 5.97 Å². The van der Waals surface area contributed by atoms with Crippen LogP contribution in [0, 0.1) is 24.2 Å². The minimum Gasteiger partial charge on any atom is -0.488 e. The zero-order valence-corrected chi connectivity index (χ0v) is 22.0. The van der Waals surface area contributed by atoms with E-state index in [0.29, 0.717) is 50.5 Å². The molecule has 194 valence electrons. The summed E-state index contributed by atoms with van der Waals surface area (Å²) in [4.78, 5) is 18.2. The lowest BCUT2D eigenvalue weighted by Crippen LogP contribution is -2.36. The second-order valence-corrected chi connectivity index (χ2v) is 9.99. The van der Waals surface area contributed by atoms with Crippen molar-refractivity contribution in [2.45, 2.75) is 32.9 Å². The summed E-state index contributed by atoms with van der Waals surface area (Å²) < 4.78 is 11.3. The van der Waals surface area contributed by atoms with Gasteiger partial charge in [0.1, 0.15) is 12.4 Å². The number of nitrogens with one attached hydrogen (secondary N) is 1. The van der Waals surface area contributed by atoms with Crippen LogP contribution in [0.15, 0.2) is 41.8 Å². The summed E-state index contributed by atoms with van der Waals surface area (Å²) in [5, 5.41) is 24.9. The summed E-state index contributed by atoms with van der Waals surface area (Å²) in [5.74, 6) is -0.337. The van der Waals surface area contributed by atoms with Gasteiger partial charge in [-0.25, -0.2) is 4.98 Å². The van der Waals surface area contributed by atoms with E-state index in [4.69, 9.17) is 14.5 Å². The Morgan fingerprint density at radius 1 is 1.27 bits per heavy atom. The van der Waals surface area contributed by atoms with Gasteiger partial charge >= 0.3 is 5.97 Å². The number of nitrogens with zero attached hydrogens (tertiary/aromatic N) is 3. The quantitative estimate of drug-likeness (QED) is 0.353. The van der Waals surface area contributed by atoms with Crippen molar-refractivity contribution >= 4 is 22.4 Å². The highest BCUT2D eigenvalue weighted by Gasteiger charge is 2.26. The number of rotatable bonds is 11. The van der Waals surface area contributed by atoms with E-state index in [-0.39, 0.29) is 5.92 Å². The monoisotopic (exact) mass is 520 g/mol. The van der Waals surface area contributed by atoms with E-state index in [1.54, 1.807) is 13.2 Å². The van der Waals surface area contributed by atoms with Crippen molar-refractivity contribution < 1.29 is 19.4 Å². The highest BCUT2D eigenvalue weighted by molar-refractivity contribution is 7.14. The topological polar surface area (TPSA) is 108 Å². The van der Waals surface area contributed by atoms with Crippen LogP contribution in [-0.4, -0.2) is 49.4 Å². The highest BCUT2D eigenvalue weighted by atomic mass is 32.1. The Labute approximate surface area is 221 Å². The van der Waals surface area contributed by atoms with Crippen molar-refractivity contribution in [3.05, 3.63) is 64.0 Å². The fraction of sp³-hybridized carbons (Fsp3) is 0.393. The molecule has 0 aliphatic carbocycles. The number of carboxylic acids is 1. The minimum absolute atomic E-state index is 0.285. The molecule has 2 N–H and O–H groups in total. The standard InChI is InChI=1S/C28H32N4O4S/c1-19-13-21(16-30-9-12-35-2)3-5-23(19)17-36-26-6-4-20(15-29)14-24(26)25-18-37-28(31-25)32-10-7-22(8-11-32)27(33)34/h3-6,13-14,18,22,30H,7-12,16-17H2,1-2H3,(H,33,34). The van der Waals surface area contributed by atoms with Crippen LogP contribution in [0.3, 0.4) is 0 Å². The molecule has 1 aliphatic heterocycles. The van der Waals surface area contributed by atoms with Gasteiger partial charge in [0, 0.05) is 44.2 Å². The van der Waals surface area contributed by atoms with Gasteiger partial charge < -0.3 is 24.8 Å². The first-order chi connectivity index (χ1) is 18.0. The molecule has 1 saturated heterocycles. The molecule has 2 heterocycles. The van der Waals surface area contributed by atoms with Gasteiger partial charge in [0.2, 0.25) is 0 Å². The van der Waals surface area contributed by atoms with E-state index in [9.17, 15) is 15.2 Å². The van der Waals surface area contributed by atoms with Gasteiger partial charge in [0.25, 0.3) is 0 Å². The number of carboxylic acid groups (broad SMARTS) is 1. The molecule has 0 saturated carbocycles. The number of aromatic nitrogens is 1. The first-order valence-electron chi connectivity index (χ1n) is 12.4.